The molecule has 0 radical (unpaired) electrons. The molecule has 0 bridgehead atoms. The van der Waals surface area contributed by atoms with Crippen LogP contribution < -0.4 is 15.8 Å². The molecular weight excluding hydrogens is 364 g/mol. The summed E-state index contributed by atoms with van der Waals surface area (Å²) in [5, 5.41) is 6.94. The van der Waals surface area contributed by atoms with Gasteiger partial charge in [0.15, 0.2) is 0 Å². The number of anilines is 2. The van der Waals surface area contributed by atoms with E-state index in [0.29, 0.717) is 34.5 Å². The van der Waals surface area contributed by atoms with Crippen molar-refractivity contribution >= 4 is 35.0 Å². The highest BCUT2D eigenvalue weighted by molar-refractivity contribution is 8.00. The summed E-state index contributed by atoms with van der Waals surface area (Å²) in [5.41, 5.74) is 1.61. The number of hydrogen-bond acceptors (Lipinski definition) is 5. The number of benzene rings is 1. The Morgan fingerprint density at radius 2 is 2.07 bits per heavy atom. The highest BCUT2D eigenvalue weighted by Crippen LogP contribution is 2.36. The monoisotopic (exact) mass is 384 g/mol. The fraction of sp³-hybridized carbons (Fsp3) is 0.368. The van der Waals surface area contributed by atoms with Crippen LogP contribution >= 0.6 is 11.8 Å². The second-order valence-corrected chi connectivity index (χ2v) is 7.94. The summed E-state index contributed by atoms with van der Waals surface area (Å²) in [7, 11) is 0. The van der Waals surface area contributed by atoms with E-state index in [9.17, 15) is 14.4 Å². The molecule has 1 N–H and O–H groups in total. The number of para-hydroxylation sites is 1. The summed E-state index contributed by atoms with van der Waals surface area (Å²) >= 11 is 1.33. The van der Waals surface area contributed by atoms with E-state index in [1.54, 1.807) is 11.1 Å². The summed E-state index contributed by atoms with van der Waals surface area (Å²) in [5.74, 6) is 0.398. The summed E-state index contributed by atoms with van der Waals surface area (Å²) in [6.07, 6.45) is 3.75. The van der Waals surface area contributed by atoms with Crippen LogP contribution in [0, 0.1) is 12.8 Å². The number of fused-ring (bicyclic) bond motifs is 1. The Bertz CT molecular complexity index is 968. The van der Waals surface area contributed by atoms with Crippen molar-refractivity contribution in [2.75, 3.05) is 22.5 Å². The van der Waals surface area contributed by atoms with Gasteiger partial charge in [0.1, 0.15) is 12.2 Å². The standard InChI is InChI=1S/C19H20N4O3S/c1-12-4-2-3-5-14(12)21-16(24)10-23-19(26)18-15(8-20-23)27-11-17(25)22(18)9-13-6-7-13/h2-5,8,13H,6-7,9-11H2,1H3,(H,21,24). The number of amides is 2. The van der Waals surface area contributed by atoms with Crippen LogP contribution in [-0.4, -0.2) is 33.9 Å². The SMILES string of the molecule is Cc1ccccc1NC(=O)Cn1ncc2c(c1=O)N(CC1CC1)C(=O)CS2. The van der Waals surface area contributed by atoms with Gasteiger partial charge in [0, 0.05) is 12.2 Å². The van der Waals surface area contributed by atoms with Gasteiger partial charge in [0.05, 0.1) is 16.8 Å². The molecule has 1 aliphatic carbocycles. The molecule has 7 nitrogen and oxygen atoms in total. The third-order valence-corrected chi connectivity index (χ3v) is 5.76. The van der Waals surface area contributed by atoms with E-state index in [1.807, 2.05) is 31.2 Å². The number of aryl methyl sites for hydroxylation is 1. The summed E-state index contributed by atoms with van der Waals surface area (Å²) in [6, 6.07) is 7.44. The summed E-state index contributed by atoms with van der Waals surface area (Å²) in [6.45, 7) is 2.27. The van der Waals surface area contributed by atoms with E-state index in [4.69, 9.17) is 0 Å². The lowest BCUT2D eigenvalue weighted by Crippen LogP contribution is -2.43. The lowest BCUT2D eigenvalue weighted by molar-refractivity contribution is -0.117. The molecule has 1 aliphatic heterocycles. The zero-order valence-electron chi connectivity index (χ0n) is 15.0. The van der Waals surface area contributed by atoms with E-state index in [2.05, 4.69) is 10.4 Å². The number of rotatable bonds is 5. The molecule has 8 heteroatoms. The highest BCUT2D eigenvalue weighted by atomic mass is 32.2. The first-order valence-corrected chi connectivity index (χ1v) is 9.90. The van der Waals surface area contributed by atoms with Crippen molar-refractivity contribution in [1.82, 2.24) is 9.78 Å². The van der Waals surface area contributed by atoms with Crippen molar-refractivity contribution in [3.05, 3.63) is 46.4 Å². The van der Waals surface area contributed by atoms with Gasteiger partial charge < -0.3 is 10.2 Å². The topological polar surface area (TPSA) is 84.3 Å². The molecule has 2 heterocycles. The summed E-state index contributed by atoms with van der Waals surface area (Å²) in [4.78, 5) is 40.0. The van der Waals surface area contributed by atoms with Crippen molar-refractivity contribution in [1.29, 1.82) is 0 Å². The normalized spacial score (nSPS) is 16.2. The number of thioether (sulfide) groups is 1. The molecule has 1 aromatic carbocycles. The average molecular weight is 384 g/mol. The summed E-state index contributed by atoms with van der Waals surface area (Å²) < 4.78 is 1.13. The van der Waals surface area contributed by atoms with Crippen LogP contribution in [0.4, 0.5) is 11.4 Å². The second kappa shape index (κ2) is 7.19. The van der Waals surface area contributed by atoms with Gasteiger partial charge in [0.25, 0.3) is 5.56 Å². The number of carbonyl (C=O) groups is 2. The minimum atomic E-state index is -0.395. The van der Waals surface area contributed by atoms with Gasteiger partial charge in [-0.25, -0.2) is 4.68 Å². The number of hydrogen-bond donors (Lipinski definition) is 1. The first-order valence-electron chi connectivity index (χ1n) is 8.91. The van der Waals surface area contributed by atoms with Crippen molar-refractivity contribution in [3.63, 3.8) is 0 Å². The van der Waals surface area contributed by atoms with Gasteiger partial charge in [0.2, 0.25) is 11.8 Å². The van der Waals surface area contributed by atoms with Crippen molar-refractivity contribution in [2.45, 2.75) is 31.2 Å². The van der Waals surface area contributed by atoms with E-state index in [-0.39, 0.29) is 18.4 Å². The smallest absolute Gasteiger partial charge is 0.292 e. The molecule has 1 saturated carbocycles. The Morgan fingerprint density at radius 3 is 2.81 bits per heavy atom. The molecule has 1 fully saturated rings. The van der Waals surface area contributed by atoms with E-state index in [0.717, 1.165) is 23.1 Å². The number of aromatic nitrogens is 2. The van der Waals surface area contributed by atoms with Crippen LogP contribution in [0.5, 0.6) is 0 Å². The minimum Gasteiger partial charge on any atom is -0.324 e. The van der Waals surface area contributed by atoms with E-state index >= 15 is 0 Å². The lowest BCUT2D eigenvalue weighted by Gasteiger charge is -2.28. The van der Waals surface area contributed by atoms with Crippen molar-refractivity contribution < 1.29 is 9.59 Å². The number of nitrogens with zero attached hydrogens (tertiary/aromatic N) is 3. The predicted octanol–water partition coefficient (Wildman–Crippen LogP) is 2.04. The first-order chi connectivity index (χ1) is 13.0. The molecule has 0 spiro atoms. The third kappa shape index (κ3) is 3.75. The second-order valence-electron chi connectivity index (χ2n) is 6.92. The molecule has 2 aliphatic rings. The van der Waals surface area contributed by atoms with Gasteiger partial charge in [-0.1, -0.05) is 18.2 Å². The number of nitrogens with one attached hydrogen (secondary N) is 1. The maximum Gasteiger partial charge on any atom is 0.292 e. The maximum atomic E-state index is 12.9. The zero-order chi connectivity index (χ0) is 19.0. The van der Waals surface area contributed by atoms with Gasteiger partial charge >= 0.3 is 0 Å². The van der Waals surface area contributed by atoms with Crippen LogP contribution in [0.25, 0.3) is 0 Å². The van der Waals surface area contributed by atoms with Gasteiger partial charge in [-0.05, 0) is 37.3 Å². The average Bonchev–Trinajstić information content (AvgIpc) is 3.46. The fourth-order valence-corrected chi connectivity index (χ4v) is 3.95. The van der Waals surface area contributed by atoms with Crippen LogP contribution in [0.15, 0.2) is 40.2 Å². The van der Waals surface area contributed by atoms with Crippen molar-refractivity contribution in [2.24, 2.45) is 5.92 Å². The van der Waals surface area contributed by atoms with Crippen LogP contribution in [-0.2, 0) is 16.1 Å². The molecule has 2 aromatic rings. The third-order valence-electron chi connectivity index (χ3n) is 4.76. The highest BCUT2D eigenvalue weighted by Gasteiger charge is 2.34. The molecular formula is C19H20N4O3S. The predicted molar refractivity (Wildman–Crippen MR) is 104 cm³/mol. The molecule has 4 rings (SSSR count). The zero-order valence-corrected chi connectivity index (χ0v) is 15.8. The molecule has 0 unspecified atom stereocenters. The molecule has 2 amide bonds. The Kier molecular flexibility index (Phi) is 4.73. The van der Waals surface area contributed by atoms with Gasteiger partial charge in [-0.15, -0.1) is 11.8 Å². The lowest BCUT2D eigenvalue weighted by atomic mass is 10.2. The van der Waals surface area contributed by atoms with Crippen molar-refractivity contribution in [3.8, 4) is 0 Å². The molecule has 0 atom stereocenters. The van der Waals surface area contributed by atoms with E-state index in [1.165, 1.54) is 11.8 Å². The maximum absolute atomic E-state index is 12.9. The molecule has 27 heavy (non-hydrogen) atoms. The largest absolute Gasteiger partial charge is 0.324 e. The Morgan fingerprint density at radius 1 is 1.30 bits per heavy atom. The Balaban J connectivity index is 1.58. The van der Waals surface area contributed by atoms with Crippen LogP contribution in [0.1, 0.15) is 18.4 Å². The number of carbonyl (C=O) groups excluding carboxylic acids is 2. The molecule has 0 saturated heterocycles. The quantitative estimate of drug-likeness (QED) is 0.853. The van der Waals surface area contributed by atoms with Gasteiger partial charge in [-0.3, -0.25) is 14.4 Å². The first kappa shape index (κ1) is 17.8. The van der Waals surface area contributed by atoms with E-state index < -0.39 is 5.56 Å². The Hall–Kier alpha value is -2.61. The minimum absolute atomic E-state index is 0.0568. The van der Waals surface area contributed by atoms with Crippen LogP contribution in [0.2, 0.25) is 0 Å². The van der Waals surface area contributed by atoms with Crippen LogP contribution in [0.3, 0.4) is 0 Å². The molecule has 1 aromatic heterocycles. The fourth-order valence-electron chi connectivity index (χ4n) is 3.06. The Labute approximate surface area is 160 Å². The van der Waals surface area contributed by atoms with Gasteiger partial charge in [-0.2, -0.15) is 5.10 Å². The molecule has 140 valence electrons.